The number of nitrogens with one attached hydrogen (secondary N) is 8. The first-order chi connectivity index (χ1) is 35.7. The number of para-hydroxylation sites is 1. The number of fused-ring (bicyclic) bond motifs is 1. The van der Waals surface area contributed by atoms with Gasteiger partial charge < -0.3 is 68.4 Å². The van der Waals surface area contributed by atoms with Crippen LogP contribution >= 0.6 is 21.6 Å². The van der Waals surface area contributed by atoms with Crippen molar-refractivity contribution in [3.8, 4) is 5.75 Å². The fourth-order valence-corrected chi connectivity index (χ4v) is 10.7. The molecule has 0 radical (unpaired) electrons. The largest absolute Gasteiger partial charge is 0.508 e. The van der Waals surface area contributed by atoms with Crippen molar-refractivity contribution in [3.63, 3.8) is 0 Å². The lowest BCUT2D eigenvalue weighted by atomic mass is 9.76. The van der Waals surface area contributed by atoms with Gasteiger partial charge in [0.15, 0.2) is 0 Å². The van der Waals surface area contributed by atoms with Gasteiger partial charge in [0, 0.05) is 41.5 Å². The lowest BCUT2D eigenvalue weighted by Crippen LogP contribution is -2.62. The number of phenolic OH excluding ortho intramolecular Hbond substituents is 1. The van der Waals surface area contributed by atoms with Crippen molar-refractivity contribution >= 4 is 73.8 Å². The maximum absolute atomic E-state index is 14.9. The minimum Gasteiger partial charge on any atom is -0.508 e. The van der Waals surface area contributed by atoms with Crippen molar-refractivity contribution < 1.29 is 54.0 Å². The Morgan fingerprint density at radius 2 is 1.35 bits per heavy atom. The summed E-state index contributed by atoms with van der Waals surface area (Å²) in [5, 5.41) is 61.1. The van der Waals surface area contributed by atoms with Gasteiger partial charge in [-0.1, -0.05) is 103 Å². The molecule has 5 rings (SSSR count). The summed E-state index contributed by atoms with van der Waals surface area (Å²) < 4.78 is 0. The van der Waals surface area contributed by atoms with Gasteiger partial charge in [0.05, 0.1) is 24.9 Å². The number of hydrogen-bond acceptors (Lipinski definition) is 14. The number of aliphatic hydroxyl groups is 3. The molecule has 7 amide bonds. The molecule has 3 aromatic carbocycles. The van der Waals surface area contributed by atoms with E-state index >= 15 is 0 Å². The van der Waals surface area contributed by atoms with Crippen molar-refractivity contribution in [2.24, 2.45) is 17.1 Å². The summed E-state index contributed by atoms with van der Waals surface area (Å²) in [5.41, 5.74) is 7.91. The highest BCUT2D eigenvalue weighted by molar-refractivity contribution is 8.76. The molecular weight excluding hydrogens is 1000 g/mol. The quantitative estimate of drug-likeness (QED) is 0.0523. The van der Waals surface area contributed by atoms with Crippen molar-refractivity contribution in [2.45, 2.75) is 128 Å². The summed E-state index contributed by atoms with van der Waals surface area (Å²) in [6.07, 6.45) is -1.87. The molecule has 1 saturated heterocycles. The molecule has 10 atom stereocenters. The zero-order chi connectivity index (χ0) is 54.8. The molecule has 20 nitrogen and oxygen atoms in total. The van der Waals surface area contributed by atoms with Gasteiger partial charge in [-0.25, -0.2) is 0 Å². The number of H-pyrrole nitrogens is 1. The molecule has 408 valence electrons. The molecule has 4 aromatic rings. The van der Waals surface area contributed by atoms with Gasteiger partial charge in [-0.3, -0.25) is 33.6 Å². The molecule has 0 aliphatic carbocycles. The molecule has 1 unspecified atom stereocenters. The van der Waals surface area contributed by atoms with Crippen molar-refractivity contribution in [1.29, 1.82) is 0 Å². The number of phenols is 1. The number of rotatable bonds is 17. The summed E-state index contributed by atoms with van der Waals surface area (Å²) in [6.45, 7) is 7.95. The number of aliphatic hydroxyl groups excluding tert-OH is 3. The Bertz CT molecular complexity index is 2510. The molecule has 2 heterocycles. The summed E-state index contributed by atoms with van der Waals surface area (Å²) in [4.78, 5) is 104. The molecule has 1 aliphatic heterocycles. The summed E-state index contributed by atoms with van der Waals surface area (Å²) >= 11 is 0. The normalized spacial score (nSPS) is 22.5. The Balaban J connectivity index is 1.60. The van der Waals surface area contributed by atoms with Crippen LogP contribution in [0.5, 0.6) is 5.75 Å². The predicted molar refractivity (Wildman–Crippen MR) is 289 cm³/mol. The van der Waals surface area contributed by atoms with Crippen molar-refractivity contribution in [2.75, 3.05) is 24.7 Å². The van der Waals surface area contributed by atoms with Gasteiger partial charge in [-0.15, -0.1) is 0 Å². The van der Waals surface area contributed by atoms with Crippen molar-refractivity contribution in [3.05, 3.63) is 102 Å². The molecule has 0 bridgehead atoms. The first-order valence-electron chi connectivity index (χ1n) is 25.1. The number of aromatic hydroxyl groups is 1. The molecule has 0 spiro atoms. The highest BCUT2D eigenvalue weighted by atomic mass is 33.1. The first-order valence-corrected chi connectivity index (χ1v) is 27.6. The van der Waals surface area contributed by atoms with E-state index in [-0.39, 0.29) is 43.1 Å². The van der Waals surface area contributed by atoms with Crippen LogP contribution in [0.3, 0.4) is 0 Å². The fourth-order valence-electron chi connectivity index (χ4n) is 8.36. The summed E-state index contributed by atoms with van der Waals surface area (Å²) in [6, 6.07) is 14.9. The van der Waals surface area contributed by atoms with E-state index in [1.807, 2.05) is 81.4 Å². The lowest BCUT2D eigenvalue weighted by molar-refractivity contribution is -0.136. The van der Waals surface area contributed by atoms with E-state index in [9.17, 15) is 54.0 Å². The third-order valence-corrected chi connectivity index (χ3v) is 15.3. The molecule has 75 heavy (non-hydrogen) atoms. The molecule has 0 saturated carbocycles. The number of nitrogens with two attached hydrogens (primary N) is 1. The number of amides is 7. The third-order valence-electron chi connectivity index (χ3n) is 12.9. The van der Waals surface area contributed by atoms with Crippen LogP contribution in [0, 0.1) is 11.3 Å². The third kappa shape index (κ3) is 18.3. The van der Waals surface area contributed by atoms with Gasteiger partial charge in [0.2, 0.25) is 41.4 Å². The second kappa shape index (κ2) is 28.7. The van der Waals surface area contributed by atoms with Crippen LogP contribution in [0.4, 0.5) is 0 Å². The highest BCUT2D eigenvalue weighted by Gasteiger charge is 2.38. The smallest absolute Gasteiger partial charge is 0.245 e. The molecule has 14 N–H and O–H groups in total. The summed E-state index contributed by atoms with van der Waals surface area (Å²) in [7, 11) is 2.09. The van der Waals surface area contributed by atoms with Crippen LogP contribution in [0.25, 0.3) is 10.9 Å². The Morgan fingerprint density at radius 1 is 0.733 bits per heavy atom. The van der Waals surface area contributed by atoms with E-state index in [1.165, 1.54) is 26.0 Å². The van der Waals surface area contributed by atoms with E-state index in [4.69, 9.17) is 5.73 Å². The average Bonchev–Trinajstić information content (AvgIpc) is 3.78. The first kappa shape index (κ1) is 59.7. The topological polar surface area (TPSA) is 326 Å². The van der Waals surface area contributed by atoms with E-state index in [2.05, 4.69) is 42.2 Å². The Hall–Kier alpha value is -6.17. The van der Waals surface area contributed by atoms with Crippen LogP contribution in [-0.2, 0) is 52.8 Å². The fraction of sp³-hybridized carbons (Fsp3) is 0.491. The Morgan fingerprint density at radius 3 is 1.97 bits per heavy atom. The maximum Gasteiger partial charge on any atom is 0.245 e. The number of hydrogen-bond donors (Lipinski definition) is 13. The standard InChI is InChI=1S/C53H73N9O11S2/c1-30(64)42(27-63)59-51(72)44-29-75-74-28-43(60-46(67)37(53(3,4)5)23-32-13-7-6-8-14-32)50(71)57-40(24-33-18-20-36(66)21-19-33)48(69)58-41(26-35-25-34-15-9-10-16-38(34)55-35)49(70)56-39(17-11-12-22-54)47(68)62-45(31(2)65)52(73)61-44/h6-10,13-16,18-21,25,30-31,37,39-45,55,63-66H,11-12,17,22-24,26-29,54H2,1-5H3,(H,56,70)(H,57,71)(H,58,69)(H,59,72)(H,60,67)(H,61,73)(H,62,68)/t30-,31-,37?,39+,40+,41-,42-,43+,44+,45+/m1/s1. The van der Waals surface area contributed by atoms with Crippen LogP contribution in [0.2, 0.25) is 0 Å². The molecule has 1 aliphatic rings. The van der Waals surface area contributed by atoms with E-state index in [0.29, 0.717) is 30.5 Å². The minimum absolute atomic E-state index is 0.0187. The number of aromatic amines is 1. The Labute approximate surface area is 445 Å². The van der Waals surface area contributed by atoms with E-state index < -0.39 is 114 Å². The SMILES string of the molecule is C[C@@H](O)[C@@H]1NC(=O)[C@H](CCCCN)NC(=O)[C@@H](Cc2cc3ccccc3[nH]2)NC(=O)[C@H](Cc2ccc(O)cc2)NC(=O)[C@@H](NC(=O)C(Cc2ccccc2)C(C)(C)C)CSSC[C@@H](C(=O)N[C@H](CO)[C@@H](C)O)NC1=O. The van der Waals surface area contributed by atoms with Gasteiger partial charge >= 0.3 is 0 Å². The summed E-state index contributed by atoms with van der Waals surface area (Å²) in [5.74, 6) is -6.55. The molecule has 1 aromatic heterocycles. The van der Waals surface area contributed by atoms with Crippen LogP contribution in [0.1, 0.15) is 70.7 Å². The minimum atomic E-state index is -1.67. The van der Waals surface area contributed by atoms with E-state index in [1.54, 1.807) is 12.1 Å². The zero-order valence-electron chi connectivity index (χ0n) is 43.0. The number of aromatic nitrogens is 1. The number of carbonyl (C=O) groups is 7. The van der Waals surface area contributed by atoms with E-state index in [0.717, 1.165) is 38.1 Å². The van der Waals surface area contributed by atoms with Crippen molar-refractivity contribution in [1.82, 2.24) is 42.2 Å². The lowest BCUT2D eigenvalue weighted by Gasteiger charge is -2.32. The molecule has 1 fully saturated rings. The van der Waals surface area contributed by atoms with Gasteiger partial charge in [-0.2, -0.15) is 0 Å². The monoisotopic (exact) mass is 1080 g/mol. The number of unbranched alkanes of at least 4 members (excludes halogenated alkanes) is 1. The maximum atomic E-state index is 14.9. The highest BCUT2D eigenvalue weighted by Crippen LogP contribution is 2.30. The zero-order valence-corrected chi connectivity index (χ0v) is 44.6. The molecular formula is C53H73N9O11S2. The number of benzene rings is 3. The van der Waals surface area contributed by atoms with Crippen LogP contribution < -0.4 is 43.0 Å². The number of carbonyl (C=O) groups excluding carboxylic acids is 7. The van der Waals surface area contributed by atoms with Crippen LogP contribution in [0.15, 0.2) is 84.9 Å². The average molecular weight is 1080 g/mol. The second-order valence-corrected chi connectivity index (χ2v) is 22.5. The van der Waals surface area contributed by atoms with Gasteiger partial charge in [0.25, 0.3) is 0 Å². The van der Waals surface area contributed by atoms with Gasteiger partial charge in [-0.05, 0) is 92.3 Å². The molecule has 22 heteroatoms. The van der Waals surface area contributed by atoms with Crippen LogP contribution in [-0.4, -0.2) is 146 Å². The predicted octanol–water partition coefficient (Wildman–Crippen LogP) is 1.24. The Kier molecular flexibility index (Phi) is 22.8. The second-order valence-electron chi connectivity index (χ2n) is 20.0. The van der Waals surface area contributed by atoms with Gasteiger partial charge in [0.1, 0.15) is 42.0 Å².